The quantitative estimate of drug-likeness (QED) is 0.545. The summed E-state index contributed by atoms with van der Waals surface area (Å²) in [5, 5.41) is 12.1. The maximum atomic E-state index is 8.73. The average Bonchev–Trinajstić information content (AvgIpc) is 2.46. The van der Waals surface area contributed by atoms with Crippen LogP contribution in [0, 0.1) is 11.8 Å². The topological polar surface area (TPSA) is 35.5 Å². The van der Waals surface area contributed by atoms with Gasteiger partial charge in [-0.2, -0.15) is 0 Å². The molecule has 0 saturated carbocycles. The number of hydrogen-bond acceptors (Lipinski definition) is 3. The molecule has 0 aromatic carbocycles. The Hall–Kier alpha value is -0.120. The third-order valence-electron chi connectivity index (χ3n) is 2.88. The Kier molecular flexibility index (Phi) is 2.11. The summed E-state index contributed by atoms with van der Waals surface area (Å²) < 4.78 is 0. The summed E-state index contributed by atoms with van der Waals surface area (Å²) in [4.78, 5) is 2.37. The summed E-state index contributed by atoms with van der Waals surface area (Å²) in [6.07, 6.45) is 0. The molecule has 2 fully saturated rings. The predicted octanol–water partition coefficient (Wildman–Crippen LogP) is -0.870. The lowest BCUT2D eigenvalue weighted by Crippen LogP contribution is -2.28. The molecule has 11 heavy (non-hydrogen) atoms. The number of nitrogens with one attached hydrogen (secondary N) is 1. The fourth-order valence-corrected chi connectivity index (χ4v) is 2.28. The van der Waals surface area contributed by atoms with Gasteiger partial charge in [0.1, 0.15) is 0 Å². The number of aliphatic hydroxyl groups excluding tert-OH is 1. The van der Waals surface area contributed by atoms with Crippen molar-refractivity contribution < 1.29 is 5.11 Å². The van der Waals surface area contributed by atoms with Crippen LogP contribution in [0.3, 0.4) is 0 Å². The van der Waals surface area contributed by atoms with E-state index in [0.717, 1.165) is 18.4 Å². The summed E-state index contributed by atoms with van der Waals surface area (Å²) in [6, 6.07) is 0. The summed E-state index contributed by atoms with van der Waals surface area (Å²) in [7, 11) is 0. The first-order valence-electron chi connectivity index (χ1n) is 4.44. The molecule has 2 aliphatic heterocycles. The minimum Gasteiger partial charge on any atom is -0.395 e. The molecule has 0 unspecified atom stereocenters. The lowest BCUT2D eigenvalue weighted by Gasteiger charge is -2.14. The number of nitrogens with zero attached hydrogens (tertiary/aromatic N) is 1. The van der Waals surface area contributed by atoms with Crippen LogP contribution in [0.1, 0.15) is 0 Å². The van der Waals surface area contributed by atoms with E-state index in [0.29, 0.717) is 6.61 Å². The number of hydrogen-bond donors (Lipinski definition) is 2. The van der Waals surface area contributed by atoms with Gasteiger partial charge in [0, 0.05) is 19.6 Å². The van der Waals surface area contributed by atoms with Crippen LogP contribution in [0.25, 0.3) is 0 Å². The molecule has 3 heteroatoms. The number of likely N-dealkylation sites (tertiary alicyclic amines) is 1. The van der Waals surface area contributed by atoms with Crippen molar-refractivity contribution in [3.63, 3.8) is 0 Å². The molecule has 2 aliphatic rings. The van der Waals surface area contributed by atoms with Crippen LogP contribution in [-0.4, -0.2) is 49.3 Å². The van der Waals surface area contributed by atoms with Crippen molar-refractivity contribution >= 4 is 0 Å². The molecule has 2 rings (SSSR count). The maximum Gasteiger partial charge on any atom is 0.0558 e. The fourth-order valence-electron chi connectivity index (χ4n) is 2.28. The van der Waals surface area contributed by atoms with Gasteiger partial charge in [0.2, 0.25) is 0 Å². The summed E-state index contributed by atoms with van der Waals surface area (Å²) in [6.45, 7) is 5.94. The molecule has 2 N–H and O–H groups in total. The van der Waals surface area contributed by atoms with Crippen LogP contribution in [0.15, 0.2) is 0 Å². The highest BCUT2D eigenvalue weighted by atomic mass is 16.3. The van der Waals surface area contributed by atoms with Crippen molar-refractivity contribution in [2.75, 3.05) is 39.3 Å². The molecule has 3 nitrogen and oxygen atoms in total. The van der Waals surface area contributed by atoms with Gasteiger partial charge >= 0.3 is 0 Å². The third kappa shape index (κ3) is 1.41. The first kappa shape index (κ1) is 7.53. The molecule has 2 heterocycles. The molecule has 2 atom stereocenters. The van der Waals surface area contributed by atoms with Gasteiger partial charge < -0.3 is 15.3 Å². The number of β-amino-alcohol motifs (C(OH)–C–C–N with tert-alkyl or cyclic N) is 1. The van der Waals surface area contributed by atoms with Crippen molar-refractivity contribution in [3.8, 4) is 0 Å². The lowest BCUT2D eigenvalue weighted by atomic mass is 10.0. The van der Waals surface area contributed by atoms with E-state index in [9.17, 15) is 0 Å². The standard InChI is InChI=1S/C8H16N2O/c11-2-1-10-5-7-3-9-4-8(7)6-10/h7-9,11H,1-6H2/t7-,8+. The second-order valence-electron chi connectivity index (χ2n) is 3.66. The van der Waals surface area contributed by atoms with E-state index in [1.54, 1.807) is 0 Å². The van der Waals surface area contributed by atoms with Gasteiger partial charge in [-0.3, -0.25) is 0 Å². The van der Waals surface area contributed by atoms with Gasteiger partial charge in [0.15, 0.2) is 0 Å². The highest BCUT2D eigenvalue weighted by molar-refractivity contribution is 4.90. The minimum absolute atomic E-state index is 0.312. The first-order chi connectivity index (χ1) is 5.40. The highest BCUT2D eigenvalue weighted by Crippen LogP contribution is 2.25. The molecule has 0 spiro atoms. The van der Waals surface area contributed by atoms with Crippen LogP contribution in [0.4, 0.5) is 0 Å². The van der Waals surface area contributed by atoms with Gasteiger partial charge in [-0.25, -0.2) is 0 Å². The van der Waals surface area contributed by atoms with E-state index < -0.39 is 0 Å². The molecule has 64 valence electrons. The molecule has 0 aliphatic carbocycles. The van der Waals surface area contributed by atoms with Crippen LogP contribution in [0.5, 0.6) is 0 Å². The van der Waals surface area contributed by atoms with Crippen molar-refractivity contribution in [2.24, 2.45) is 11.8 Å². The van der Waals surface area contributed by atoms with E-state index in [1.165, 1.54) is 26.2 Å². The lowest BCUT2D eigenvalue weighted by molar-refractivity contribution is 0.213. The van der Waals surface area contributed by atoms with Crippen LogP contribution >= 0.6 is 0 Å². The Labute approximate surface area is 67.4 Å². The SMILES string of the molecule is OCCN1C[C@H]2CNC[C@H]2C1. The Bertz CT molecular complexity index is 128. The van der Waals surface area contributed by atoms with Crippen molar-refractivity contribution in [1.82, 2.24) is 10.2 Å². The summed E-state index contributed by atoms with van der Waals surface area (Å²) in [5.41, 5.74) is 0. The van der Waals surface area contributed by atoms with Gasteiger partial charge in [-0.15, -0.1) is 0 Å². The Morgan fingerprint density at radius 3 is 2.45 bits per heavy atom. The van der Waals surface area contributed by atoms with Crippen molar-refractivity contribution in [3.05, 3.63) is 0 Å². The average molecular weight is 156 g/mol. The maximum absolute atomic E-state index is 8.73. The first-order valence-corrected chi connectivity index (χ1v) is 4.44. The third-order valence-corrected chi connectivity index (χ3v) is 2.88. The smallest absolute Gasteiger partial charge is 0.0558 e. The molecule has 0 amide bonds. The zero-order valence-electron chi connectivity index (χ0n) is 6.79. The highest BCUT2D eigenvalue weighted by Gasteiger charge is 2.35. The van der Waals surface area contributed by atoms with E-state index in [2.05, 4.69) is 10.2 Å². The fraction of sp³-hybridized carbons (Fsp3) is 1.00. The number of aliphatic hydroxyl groups is 1. The predicted molar refractivity (Wildman–Crippen MR) is 43.4 cm³/mol. The molecular formula is C8H16N2O. The van der Waals surface area contributed by atoms with Crippen molar-refractivity contribution in [1.29, 1.82) is 0 Å². The second kappa shape index (κ2) is 3.09. The Morgan fingerprint density at radius 2 is 1.91 bits per heavy atom. The second-order valence-corrected chi connectivity index (χ2v) is 3.66. The van der Waals surface area contributed by atoms with Gasteiger partial charge in [-0.1, -0.05) is 0 Å². The van der Waals surface area contributed by atoms with E-state index in [4.69, 9.17) is 5.11 Å². The largest absolute Gasteiger partial charge is 0.395 e. The monoisotopic (exact) mass is 156 g/mol. The molecule has 0 bridgehead atoms. The minimum atomic E-state index is 0.312. The number of rotatable bonds is 2. The van der Waals surface area contributed by atoms with Crippen molar-refractivity contribution in [2.45, 2.75) is 0 Å². The zero-order chi connectivity index (χ0) is 7.68. The van der Waals surface area contributed by atoms with Gasteiger partial charge in [-0.05, 0) is 24.9 Å². The van der Waals surface area contributed by atoms with Gasteiger partial charge in [0.25, 0.3) is 0 Å². The number of fused-ring (bicyclic) bond motifs is 1. The van der Waals surface area contributed by atoms with E-state index in [-0.39, 0.29) is 0 Å². The molecule has 2 saturated heterocycles. The normalized spacial score (nSPS) is 37.9. The van der Waals surface area contributed by atoms with E-state index in [1.807, 2.05) is 0 Å². The van der Waals surface area contributed by atoms with E-state index >= 15 is 0 Å². The molecule has 0 radical (unpaired) electrons. The summed E-state index contributed by atoms with van der Waals surface area (Å²) >= 11 is 0. The molecular weight excluding hydrogens is 140 g/mol. The Balaban J connectivity index is 1.84. The van der Waals surface area contributed by atoms with Crippen LogP contribution in [0.2, 0.25) is 0 Å². The zero-order valence-corrected chi connectivity index (χ0v) is 6.79. The van der Waals surface area contributed by atoms with Gasteiger partial charge in [0.05, 0.1) is 6.61 Å². The van der Waals surface area contributed by atoms with Crippen LogP contribution < -0.4 is 5.32 Å². The van der Waals surface area contributed by atoms with Crippen LogP contribution in [-0.2, 0) is 0 Å². The molecule has 0 aromatic heterocycles. The Morgan fingerprint density at radius 1 is 1.27 bits per heavy atom. The molecule has 0 aromatic rings. The summed E-state index contributed by atoms with van der Waals surface area (Å²) in [5.74, 6) is 1.73.